The molecule has 2 aromatic rings. The molecule has 1 fully saturated rings. The van der Waals surface area contributed by atoms with Gasteiger partial charge in [0.25, 0.3) is 5.56 Å². The number of pyridine rings is 1. The lowest BCUT2D eigenvalue weighted by Crippen LogP contribution is -2.47. The van der Waals surface area contributed by atoms with Crippen molar-refractivity contribution in [3.8, 4) is 0 Å². The summed E-state index contributed by atoms with van der Waals surface area (Å²) in [4.78, 5) is 25.2. The SMILES string of the molecule is O=Cc1ccc(N2C[C@H]3C[C@H](C2)c2cccc(=O)n2C3)cc1. The van der Waals surface area contributed by atoms with Crippen molar-refractivity contribution in [2.75, 3.05) is 18.0 Å². The van der Waals surface area contributed by atoms with Crippen molar-refractivity contribution < 1.29 is 4.79 Å². The number of nitrogens with zero attached hydrogens (tertiary/aromatic N) is 2. The minimum absolute atomic E-state index is 0.121. The number of hydrogen-bond donors (Lipinski definition) is 0. The Kier molecular flexibility index (Phi) is 3.10. The summed E-state index contributed by atoms with van der Waals surface area (Å²) in [5, 5.41) is 0. The van der Waals surface area contributed by atoms with Crippen molar-refractivity contribution in [2.45, 2.75) is 18.9 Å². The summed E-state index contributed by atoms with van der Waals surface area (Å²) >= 11 is 0. The number of piperidine rings is 1. The van der Waals surface area contributed by atoms with Gasteiger partial charge in [-0.15, -0.1) is 0 Å². The van der Waals surface area contributed by atoms with Gasteiger partial charge in [-0.1, -0.05) is 6.07 Å². The second kappa shape index (κ2) is 5.13. The molecule has 112 valence electrons. The smallest absolute Gasteiger partial charge is 0.250 e. The van der Waals surface area contributed by atoms with Crippen LogP contribution in [0.3, 0.4) is 0 Å². The summed E-state index contributed by atoms with van der Waals surface area (Å²) in [5.74, 6) is 0.921. The summed E-state index contributed by atoms with van der Waals surface area (Å²) in [6.07, 6.45) is 2.03. The van der Waals surface area contributed by atoms with Crippen LogP contribution >= 0.6 is 0 Å². The fraction of sp³-hybridized carbons (Fsp3) is 0.333. The molecule has 2 atom stereocenters. The maximum Gasteiger partial charge on any atom is 0.250 e. The average Bonchev–Trinajstić information content (AvgIpc) is 2.56. The normalized spacial score (nSPS) is 23.0. The first-order valence-electron chi connectivity index (χ1n) is 7.74. The number of aromatic nitrogens is 1. The molecule has 0 radical (unpaired) electrons. The predicted molar refractivity (Wildman–Crippen MR) is 85.6 cm³/mol. The van der Waals surface area contributed by atoms with Gasteiger partial charge in [-0.25, -0.2) is 0 Å². The third-order valence-corrected chi connectivity index (χ3v) is 4.87. The molecule has 0 aliphatic carbocycles. The van der Waals surface area contributed by atoms with E-state index in [4.69, 9.17) is 0 Å². The van der Waals surface area contributed by atoms with Crippen LogP contribution in [0.2, 0.25) is 0 Å². The van der Waals surface area contributed by atoms with Gasteiger partial charge in [0.05, 0.1) is 0 Å². The molecule has 0 amide bonds. The Hall–Kier alpha value is -2.36. The van der Waals surface area contributed by atoms with Crippen LogP contribution in [0, 0.1) is 5.92 Å². The largest absolute Gasteiger partial charge is 0.371 e. The number of benzene rings is 1. The van der Waals surface area contributed by atoms with E-state index in [-0.39, 0.29) is 5.56 Å². The van der Waals surface area contributed by atoms with Gasteiger partial charge in [-0.05, 0) is 42.7 Å². The number of aldehydes is 1. The third-order valence-electron chi connectivity index (χ3n) is 4.87. The lowest BCUT2D eigenvalue weighted by molar-refractivity contribution is 0.112. The van der Waals surface area contributed by atoms with Gasteiger partial charge >= 0.3 is 0 Å². The molecule has 0 saturated carbocycles. The Balaban J connectivity index is 1.65. The van der Waals surface area contributed by atoms with Crippen LogP contribution in [-0.2, 0) is 6.54 Å². The molecule has 0 N–H and O–H groups in total. The molecule has 4 rings (SSSR count). The molecule has 1 saturated heterocycles. The minimum Gasteiger partial charge on any atom is -0.371 e. The van der Waals surface area contributed by atoms with Gasteiger partial charge in [0.2, 0.25) is 0 Å². The fourth-order valence-electron chi connectivity index (χ4n) is 3.87. The van der Waals surface area contributed by atoms with Crippen LogP contribution in [0.4, 0.5) is 5.69 Å². The van der Waals surface area contributed by atoms with E-state index in [1.54, 1.807) is 6.07 Å². The highest BCUT2D eigenvalue weighted by Crippen LogP contribution is 2.36. The number of anilines is 1. The van der Waals surface area contributed by atoms with Crippen molar-refractivity contribution in [1.82, 2.24) is 4.57 Å². The van der Waals surface area contributed by atoms with Crippen LogP contribution < -0.4 is 10.5 Å². The van der Waals surface area contributed by atoms with Crippen molar-refractivity contribution in [1.29, 1.82) is 0 Å². The highest BCUT2D eigenvalue weighted by Gasteiger charge is 2.34. The van der Waals surface area contributed by atoms with Gasteiger partial charge in [-0.2, -0.15) is 0 Å². The first kappa shape index (κ1) is 13.3. The first-order valence-corrected chi connectivity index (χ1v) is 7.74. The standard InChI is InChI=1S/C18H18N2O2/c21-12-13-4-6-16(7-5-13)19-9-14-8-15(11-19)17-2-1-3-18(22)20(17)10-14/h1-7,12,14-15H,8-11H2/t14-,15-/m1/s1. The summed E-state index contributed by atoms with van der Waals surface area (Å²) in [7, 11) is 0. The highest BCUT2D eigenvalue weighted by atomic mass is 16.1. The Bertz CT molecular complexity index is 763. The van der Waals surface area contributed by atoms with Crippen LogP contribution in [-0.4, -0.2) is 23.9 Å². The molecular formula is C18H18N2O2. The van der Waals surface area contributed by atoms with E-state index in [1.807, 2.05) is 34.9 Å². The summed E-state index contributed by atoms with van der Waals surface area (Å²) in [6.45, 7) is 2.71. The molecule has 1 aromatic carbocycles. The fourth-order valence-corrected chi connectivity index (χ4v) is 3.87. The van der Waals surface area contributed by atoms with Crippen LogP contribution in [0.25, 0.3) is 0 Å². The zero-order valence-corrected chi connectivity index (χ0v) is 12.3. The van der Waals surface area contributed by atoms with E-state index < -0.39 is 0 Å². The third kappa shape index (κ3) is 2.15. The predicted octanol–water partition coefficient (Wildman–Crippen LogP) is 2.28. The van der Waals surface area contributed by atoms with E-state index in [1.165, 1.54) is 0 Å². The van der Waals surface area contributed by atoms with Gasteiger partial charge in [0.1, 0.15) is 6.29 Å². The average molecular weight is 294 g/mol. The Morgan fingerprint density at radius 3 is 2.59 bits per heavy atom. The maximum atomic E-state index is 12.0. The summed E-state index contributed by atoms with van der Waals surface area (Å²) in [6, 6.07) is 13.4. The van der Waals surface area contributed by atoms with Crippen LogP contribution in [0.1, 0.15) is 28.4 Å². The summed E-state index contributed by atoms with van der Waals surface area (Å²) < 4.78 is 1.95. The van der Waals surface area contributed by atoms with Crippen LogP contribution in [0.5, 0.6) is 0 Å². The number of fused-ring (bicyclic) bond motifs is 4. The van der Waals surface area contributed by atoms with Crippen molar-refractivity contribution in [3.05, 3.63) is 64.1 Å². The van der Waals surface area contributed by atoms with Crippen molar-refractivity contribution in [2.24, 2.45) is 5.92 Å². The van der Waals surface area contributed by atoms with Crippen LogP contribution in [0.15, 0.2) is 47.3 Å². The monoisotopic (exact) mass is 294 g/mol. The molecule has 2 aliphatic rings. The van der Waals surface area contributed by atoms with E-state index >= 15 is 0 Å². The Morgan fingerprint density at radius 2 is 1.82 bits per heavy atom. The zero-order chi connectivity index (χ0) is 15.1. The molecule has 3 heterocycles. The van der Waals surface area contributed by atoms with E-state index in [2.05, 4.69) is 11.0 Å². The molecule has 22 heavy (non-hydrogen) atoms. The minimum atomic E-state index is 0.121. The number of carbonyl (C=O) groups is 1. The lowest BCUT2D eigenvalue weighted by atomic mass is 9.83. The van der Waals surface area contributed by atoms with Gasteiger partial charge in [-0.3, -0.25) is 9.59 Å². The van der Waals surface area contributed by atoms with Gasteiger partial charge in [0, 0.05) is 48.6 Å². The molecule has 2 bridgehead atoms. The second-order valence-corrected chi connectivity index (χ2v) is 6.31. The van der Waals surface area contributed by atoms with Crippen molar-refractivity contribution >= 4 is 12.0 Å². The number of rotatable bonds is 2. The summed E-state index contributed by atoms with van der Waals surface area (Å²) in [5.41, 5.74) is 3.15. The maximum absolute atomic E-state index is 12.0. The molecule has 1 aromatic heterocycles. The van der Waals surface area contributed by atoms with Gasteiger partial charge < -0.3 is 9.47 Å². The van der Waals surface area contributed by atoms with E-state index in [0.717, 1.165) is 43.7 Å². The van der Waals surface area contributed by atoms with E-state index in [0.29, 0.717) is 17.4 Å². The highest BCUT2D eigenvalue weighted by molar-refractivity contribution is 5.75. The molecule has 2 aliphatic heterocycles. The first-order chi connectivity index (χ1) is 10.7. The Labute approximate surface area is 129 Å². The number of carbonyl (C=O) groups excluding carboxylic acids is 1. The zero-order valence-electron chi connectivity index (χ0n) is 12.3. The van der Waals surface area contributed by atoms with Crippen molar-refractivity contribution in [3.63, 3.8) is 0 Å². The lowest BCUT2D eigenvalue weighted by Gasteiger charge is -2.43. The van der Waals surface area contributed by atoms with Gasteiger partial charge in [0.15, 0.2) is 0 Å². The molecule has 0 unspecified atom stereocenters. The quantitative estimate of drug-likeness (QED) is 0.798. The Morgan fingerprint density at radius 1 is 1.00 bits per heavy atom. The topological polar surface area (TPSA) is 42.3 Å². The molecule has 4 heteroatoms. The molecule has 4 nitrogen and oxygen atoms in total. The second-order valence-electron chi connectivity index (χ2n) is 6.31. The van der Waals surface area contributed by atoms with E-state index in [9.17, 15) is 9.59 Å². The number of hydrogen-bond acceptors (Lipinski definition) is 3. The molecular weight excluding hydrogens is 276 g/mol. The molecule has 0 spiro atoms.